The molecule has 34 valence electrons. The van der Waals surface area contributed by atoms with Crippen molar-refractivity contribution in [3.63, 3.8) is 0 Å². The summed E-state index contributed by atoms with van der Waals surface area (Å²) in [5.74, 6) is 0. The molecule has 0 unspecified atom stereocenters. The van der Waals surface area contributed by atoms with Crippen LogP contribution in [0.2, 0.25) is 0 Å². The molecule has 0 spiro atoms. The number of hydrogen-bond acceptors (Lipinski definition) is 2. The zero-order valence-corrected chi connectivity index (χ0v) is 4.27. The maximum absolute atomic E-state index is 8.56. The van der Waals surface area contributed by atoms with Crippen molar-refractivity contribution < 1.29 is 38.7 Å². The summed E-state index contributed by atoms with van der Waals surface area (Å²) in [7, 11) is 0. The topological polar surface area (TPSA) is 74.6 Å². The molecule has 0 fully saturated rings. The normalized spacial score (nSPS) is 4.50. The van der Waals surface area contributed by atoms with Crippen LogP contribution in [0.5, 0.6) is 0 Å². The Morgan fingerprint density at radius 2 is 1.33 bits per heavy atom. The third-order valence-corrected chi connectivity index (χ3v) is 0. The van der Waals surface area contributed by atoms with Crippen LogP contribution >= 0.6 is 0 Å². The second-order valence-electron chi connectivity index (χ2n) is 0.283. The number of rotatable bonds is 0. The fourth-order valence-corrected chi connectivity index (χ4v) is 0. The Balaban J connectivity index is 0. The standard InChI is InChI=1S/CH2O3.O.Ti/c2-1(3)4;;/h(H2,2,3,4);;. The third-order valence-electron chi connectivity index (χ3n) is 0. The first kappa shape index (κ1) is 9.25. The summed E-state index contributed by atoms with van der Waals surface area (Å²) in [5.41, 5.74) is 0. The predicted octanol–water partition coefficient (Wildman–Crippen LogP) is 0.101. The molecule has 5 heteroatoms. The SMILES string of the molecule is O=C(O)O.[O]=[Ti]. The van der Waals surface area contributed by atoms with Crippen molar-refractivity contribution in [1.82, 2.24) is 0 Å². The third kappa shape index (κ3) is 630. The van der Waals surface area contributed by atoms with Crippen LogP contribution in [0.15, 0.2) is 0 Å². The van der Waals surface area contributed by atoms with Crippen molar-refractivity contribution in [3.8, 4) is 0 Å². The van der Waals surface area contributed by atoms with E-state index in [1.165, 1.54) is 0 Å². The van der Waals surface area contributed by atoms with Gasteiger partial charge in [0.05, 0.1) is 0 Å². The van der Waals surface area contributed by atoms with Crippen molar-refractivity contribution in [2.75, 3.05) is 0 Å². The molecule has 0 radical (unpaired) electrons. The maximum atomic E-state index is 8.56. The molecule has 0 saturated heterocycles. The minimum absolute atomic E-state index is 0.750. The van der Waals surface area contributed by atoms with Crippen molar-refractivity contribution in [3.05, 3.63) is 0 Å². The van der Waals surface area contributed by atoms with Crippen molar-refractivity contribution in [2.24, 2.45) is 0 Å². The van der Waals surface area contributed by atoms with Gasteiger partial charge in [-0.05, 0) is 0 Å². The molecule has 0 aromatic rings. The van der Waals surface area contributed by atoms with Gasteiger partial charge >= 0.3 is 29.9 Å². The first-order valence-corrected chi connectivity index (χ1v) is 1.49. The van der Waals surface area contributed by atoms with E-state index in [2.05, 4.69) is 0 Å². The average Bonchev–Trinajstić information content (AvgIpc) is 1.41. The summed E-state index contributed by atoms with van der Waals surface area (Å²) in [6, 6.07) is 0. The molecule has 0 saturated carbocycles. The molecule has 0 aliphatic carbocycles. The van der Waals surface area contributed by atoms with E-state index in [-0.39, 0.29) is 0 Å². The summed E-state index contributed by atoms with van der Waals surface area (Å²) in [4.78, 5) is 8.56. The van der Waals surface area contributed by atoms with Crippen LogP contribution in [0.3, 0.4) is 0 Å². The Labute approximate surface area is 45.5 Å². The van der Waals surface area contributed by atoms with E-state index < -0.39 is 6.16 Å². The van der Waals surface area contributed by atoms with E-state index in [1.807, 2.05) is 0 Å². The zero-order valence-electron chi connectivity index (χ0n) is 2.71. The fourth-order valence-electron chi connectivity index (χ4n) is 0. The van der Waals surface area contributed by atoms with Gasteiger partial charge < -0.3 is 10.2 Å². The molecule has 0 amide bonds. The molecule has 0 heterocycles. The molecular weight excluding hydrogens is 124 g/mol. The first-order valence-electron chi connectivity index (χ1n) is 0.855. The van der Waals surface area contributed by atoms with Gasteiger partial charge in [0.2, 0.25) is 0 Å². The molecule has 0 bridgehead atoms. The Morgan fingerprint density at radius 1 is 1.33 bits per heavy atom. The molecule has 0 aromatic heterocycles. The van der Waals surface area contributed by atoms with Crippen LogP contribution in [-0.2, 0) is 23.7 Å². The van der Waals surface area contributed by atoms with Gasteiger partial charge in [0.25, 0.3) is 0 Å². The molecule has 6 heavy (non-hydrogen) atoms. The van der Waals surface area contributed by atoms with Gasteiger partial charge in [0.15, 0.2) is 0 Å². The second-order valence-corrected chi connectivity index (χ2v) is 0.283. The predicted molar refractivity (Wildman–Crippen MR) is 11.3 cm³/mol. The first-order chi connectivity index (χ1) is 2.73. The minimum atomic E-state index is -1.83. The molecule has 0 atom stereocenters. The van der Waals surface area contributed by atoms with Gasteiger partial charge in [-0.25, -0.2) is 4.79 Å². The van der Waals surface area contributed by atoms with Crippen molar-refractivity contribution in [2.45, 2.75) is 0 Å². The molecule has 0 aliphatic heterocycles. The number of carboxylic acid groups (broad SMARTS) is 2. The summed E-state index contributed by atoms with van der Waals surface area (Å²) in [5, 5.41) is 13.9. The second kappa shape index (κ2) is 8.84. The fraction of sp³-hybridized carbons (Fsp3) is 0. The number of carbonyl (C=O) groups is 1. The van der Waals surface area contributed by atoms with Gasteiger partial charge in [0, 0.05) is 0 Å². The van der Waals surface area contributed by atoms with E-state index in [0.29, 0.717) is 0 Å². The Kier molecular flexibility index (Phi) is 13.6. The summed E-state index contributed by atoms with van der Waals surface area (Å²) in [6.45, 7) is 0. The van der Waals surface area contributed by atoms with Gasteiger partial charge in [0.1, 0.15) is 0 Å². The molecule has 0 aliphatic rings. The van der Waals surface area contributed by atoms with Crippen LogP contribution in [0.4, 0.5) is 4.79 Å². The van der Waals surface area contributed by atoms with E-state index in [0.717, 1.165) is 20.4 Å². The van der Waals surface area contributed by atoms with E-state index >= 15 is 0 Å². The Hall–Kier alpha value is -0.216. The van der Waals surface area contributed by atoms with Gasteiger partial charge in [-0.15, -0.1) is 0 Å². The average molecular weight is 126 g/mol. The monoisotopic (exact) mass is 126 g/mol. The van der Waals surface area contributed by atoms with Gasteiger partial charge in [-0.3, -0.25) is 0 Å². The van der Waals surface area contributed by atoms with E-state index in [4.69, 9.17) is 18.3 Å². The van der Waals surface area contributed by atoms with Crippen LogP contribution in [0.25, 0.3) is 0 Å². The van der Waals surface area contributed by atoms with Crippen LogP contribution < -0.4 is 0 Å². The van der Waals surface area contributed by atoms with Crippen LogP contribution in [-0.4, -0.2) is 16.4 Å². The summed E-state index contributed by atoms with van der Waals surface area (Å²) < 4.78 is 8.25. The number of hydrogen-bond donors (Lipinski definition) is 2. The zero-order chi connectivity index (χ0) is 5.58. The molecule has 0 aromatic carbocycles. The Morgan fingerprint density at radius 3 is 1.33 bits per heavy atom. The van der Waals surface area contributed by atoms with E-state index in [9.17, 15) is 0 Å². The van der Waals surface area contributed by atoms with Crippen LogP contribution in [0.1, 0.15) is 0 Å². The molecular formula is CH2O4Ti. The molecule has 4 nitrogen and oxygen atoms in total. The van der Waals surface area contributed by atoms with Gasteiger partial charge in [-0.2, -0.15) is 0 Å². The van der Waals surface area contributed by atoms with Crippen molar-refractivity contribution in [1.29, 1.82) is 0 Å². The molecule has 0 rings (SSSR count). The molecule has 2 N–H and O–H groups in total. The quantitative estimate of drug-likeness (QED) is 0.451. The van der Waals surface area contributed by atoms with Crippen LogP contribution in [0, 0.1) is 0 Å². The summed E-state index contributed by atoms with van der Waals surface area (Å²) >= 11 is 0.750. The van der Waals surface area contributed by atoms with E-state index in [1.54, 1.807) is 0 Å². The van der Waals surface area contributed by atoms with Gasteiger partial charge in [-0.1, -0.05) is 0 Å². The Bertz CT molecular complexity index is 38.8. The summed E-state index contributed by atoms with van der Waals surface area (Å²) in [6.07, 6.45) is -1.83. The van der Waals surface area contributed by atoms with Crippen molar-refractivity contribution >= 4 is 6.16 Å².